The Morgan fingerprint density at radius 2 is 1.38 bits per heavy atom. The molecule has 0 radical (unpaired) electrons. The van der Waals surface area contributed by atoms with Gasteiger partial charge in [-0.05, 0) is 44.9 Å². The summed E-state index contributed by atoms with van der Waals surface area (Å²) < 4.78 is 0. The largest absolute Gasteiger partial charge is 0.481 e. The smallest absolute Gasteiger partial charge is 0.305 e. The Morgan fingerprint density at radius 3 is 2.04 bits per heavy atom. The first-order valence-electron chi connectivity index (χ1n) is 10.1. The summed E-state index contributed by atoms with van der Waals surface area (Å²) in [5.74, 6) is -1.03. The maximum Gasteiger partial charge on any atom is 0.305 e. The number of carboxylic acid groups (broad SMARTS) is 1. The monoisotopic (exact) mass is 366 g/mol. The minimum absolute atomic E-state index is 0.153. The van der Waals surface area contributed by atoms with Crippen molar-refractivity contribution in [2.24, 2.45) is 0 Å². The van der Waals surface area contributed by atoms with E-state index in [2.05, 4.69) is 43.4 Å². The average Bonchev–Trinajstić information content (AvgIpc) is 2.57. The van der Waals surface area contributed by atoms with Crippen LogP contribution in [0.15, 0.2) is 36.5 Å². The minimum Gasteiger partial charge on any atom is -0.481 e. The predicted molar refractivity (Wildman–Crippen MR) is 108 cm³/mol. The molecule has 2 atom stereocenters. The Bertz CT molecular complexity index is 412. The molecule has 0 amide bonds. The normalized spacial score (nSPS) is 14.6. The van der Waals surface area contributed by atoms with E-state index >= 15 is 0 Å². The summed E-state index contributed by atoms with van der Waals surface area (Å²) in [5, 5.41) is 27.8. The molecule has 0 saturated carbocycles. The summed E-state index contributed by atoms with van der Waals surface area (Å²) in [6, 6.07) is 0. The highest BCUT2D eigenvalue weighted by atomic mass is 16.4. The second kappa shape index (κ2) is 18.4. The average molecular weight is 367 g/mol. The molecule has 4 nitrogen and oxygen atoms in total. The number of carboxylic acids is 1. The number of rotatable bonds is 17. The van der Waals surface area contributed by atoms with Gasteiger partial charge in [0.05, 0.1) is 18.6 Å². The summed E-state index contributed by atoms with van der Waals surface area (Å²) >= 11 is 0. The highest BCUT2D eigenvalue weighted by Crippen LogP contribution is 2.13. The van der Waals surface area contributed by atoms with Gasteiger partial charge in [0.2, 0.25) is 0 Å². The molecule has 0 aromatic rings. The highest BCUT2D eigenvalue weighted by Gasteiger charge is 2.14. The Morgan fingerprint density at radius 1 is 0.808 bits per heavy atom. The van der Waals surface area contributed by atoms with E-state index in [0.717, 1.165) is 44.9 Å². The second-order valence-corrected chi connectivity index (χ2v) is 6.78. The lowest BCUT2D eigenvalue weighted by Gasteiger charge is -2.13. The van der Waals surface area contributed by atoms with Crippen molar-refractivity contribution in [2.75, 3.05) is 0 Å². The molecule has 0 aromatic heterocycles. The van der Waals surface area contributed by atoms with Gasteiger partial charge in [0, 0.05) is 0 Å². The number of hydrogen-bond acceptors (Lipinski definition) is 3. The molecule has 26 heavy (non-hydrogen) atoms. The van der Waals surface area contributed by atoms with Crippen molar-refractivity contribution < 1.29 is 20.1 Å². The predicted octanol–water partition coefficient (Wildman–Crippen LogP) is 5.16. The van der Waals surface area contributed by atoms with Crippen LogP contribution in [-0.4, -0.2) is 33.5 Å². The van der Waals surface area contributed by atoms with Crippen molar-refractivity contribution in [2.45, 2.75) is 96.2 Å². The molecule has 150 valence electrons. The molecule has 0 bridgehead atoms. The Labute approximate surface area is 159 Å². The van der Waals surface area contributed by atoms with Gasteiger partial charge >= 0.3 is 5.97 Å². The van der Waals surface area contributed by atoms with E-state index in [1.165, 1.54) is 12.8 Å². The van der Waals surface area contributed by atoms with Crippen LogP contribution in [0.25, 0.3) is 0 Å². The topological polar surface area (TPSA) is 77.8 Å². The molecule has 0 aliphatic rings. The molecule has 0 rings (SSSR count). The van der Waals surface area contributed by atoms with E-state index in [-0.39, 0.29) is 12.8 Å². The van der Waals surface area contributed by atoms with E-state index in [1.807, 2.05) is 0 Å². The van der Waals surface area contributed by atoms with Gasteiger partial charge in [-0.25, -0.2) is 0 Å². The summed E-state index contributed by atoms with van der Waals surface area (Å²) in [6.45, 7) is 2.14. The van der Waals surface area contributed by atoms with Crippen molar-refractivity contribution >= 4 is 5.97 Å². The van der Waals surface area contributed by atoms with Crippen LogP contribution < -0.4 is 0 Å². The third-order valence-corrected chi connectivity index (χ3v) is 4.14. The van der Waals surface area contributed by atoms with E-state index in [0.29, 0.717) is 6.42 Å². The van der Waals surface area contributed by atoms with Crippen LogP contribution in [-0.2, 0) is 4.79 Å². The van der Waals surface area contributed by atoms with Gasteiger partial charge < -0.3 is 15.3 Å². The van der Waals surface area contributed by atoms with Crippen LogP contribution in [0.4, 0.5) is 0 Å². The zero-order valence-corrected chi connectivity index (χ0v) is 16.4. The van der Waals surface area contributed by atoms with Gasteiger partial charge in [-0.3, -0.25) is 4.79 Å². The van der Waals surface area contributed by atoms with Gasteiger partial charge in [-0.2, -0.15) is 0 Å². The quantitative estimate of drug-likeness (QED) is 0.245. The standard InChI is InChI=1S/C22H38O4/c1-2-3-4-5-6-7-8-9-10-11-12-13-14-15-16-17-20(23)18-21(24)19-22(25)26/h3-4,6-7,9-10,20-21,23-24H,2,5,8,11-19H2,1H3,(H,25,26)/b4-3-,7-6-,10-9-/t20-,21-/m1/s1. The molecule has 0 saturated heterocycles. The Hall–Kier alpha value is -1.39. The molecule has 0 heterocycles. The fraction of sp³-hybridized carbons (Fsp3) is 0.682. The van der Waals surface area contributed by atoms with Gasteiger partial charge in [-0.15, -0.1) is 0 Å². The fourth-order valence-electron chi connectivity index (χ4n) is 2.72. The van der Waals surface area contributed by atoms with Crippen LogP contribution in [0, 0.1) is 0 Å². The Balaban J connectivity index is 3.41. The second-order valence-electron chi connectivity index (χ2n) is 6.78. The third-order valence-electron chi connectivity index (χ3n) is 4.14. The van der Waals surface area contributed by atoms with Gasteiger partial charge in [0.1, 0.15) is 0 Å². The zero-order chi connectivity index (χ0) is 19.5. The highest BCUT2D eigenvalue weighted by molar-refractivity contribution is 5.67. The van der Waals surface area contributed by atoms with Gasteiger partial charge in [0.15, 0.2) is 0 Å². The van der Waals surface area contributed by atoms with Crippen molar-refractivity contribution in [3.63, 3.8) is 0 Å². The first-order chi connectivity index (χ1) is 12.6. The van der Waals surface area contributed by atoms with Gasteiger partial charge in [0.25, 0.3) is 0 Å². The fourth-order valence-corrected chi connectivity index (χ4v) is 2.72. The van der Waals surface area contributed by atoms with Crippen LogP contribution in [0.3, 0.4) is 0 Å². The number of aliphatic hydroxyl groups excluding tert-OH is 2. The first-order valence-corrected chi connectivity index (χ1v) is 10.1. The molecule has 0 fully saturated rings. The van der Waals surface area contributed by atoms with Crippen molar-refractivity contribution in [1.29, 1.82) is 0 Å². The first kappa shape index (κ1) is 24.6. The van der Waals surface area contributed by atoms with E-state index in [1.54, 1.807) is 0 Å². The zero-order valence-electron chi connectivity index (χ0n) is 16.4. The molecule has 0 unspecified atom stereocenters. The molecule has 0 aliphatic carbocycles. The number of hydrogen-bond donors (Lipinski definition) is 3. The van der Waals surface area contributed by atoms with Gasteiger partial charge in [-0.1, -0.05) is 69.1 Å². The molecule has 3 N–H and O–H groups in total. The maximum absolute atomic E-state index is 10.4. The van der Waals surface area contributed by atoms with Crippen molar-refractivity contribution in [3.8, 4) is 0 Å². The number of aliphatic hydroxyl groups is 2. The lowest BCUT2D eigenvalue weighted by atomic mass is 10.0. The number of carbonyl (C=O) groups is 1. The van der Waals surface area contributed by atoms with Crippen LogP contribution in [0.5, 0.6) is 0 Å². The molecular formula is C22H38O4. The van der Waals surface area contributed by atoms with E-state index in [9.17, 15) is 15.0 Å². The van der Waals surface area contributed by atoms with Crippen LogP contribution >= 0.6 is 0 Å². The van der Waals surface area contributed by atoms with Crippen molar-refractivity contribution in [1.82, 2.24) is 0 Å². The Kier molecular flexibility index (Phi) is 17.4. The SMILES string of the molecule is CC/C=C\C/C=C\C/C=C\CCCCCCC[C@@H](O)C[C@@H](O)CC(=O)O. The molecule has 0 spiro atoms. The summed E-state index contributed by atoms with van der Waals surface area (Å²) in [7, 11) is 0. The number of allylic oxidation sites excluding steroid dienone is 6. The molecular weight excluding hydrogens is 328 g/mol. The minimum atomic E-state index is -1.03. The van der Waals surface area contributed by atoms with E-state index in [4.69, 9.17) is 5.11 Å². The maximum atomic E-state index is 10.4. The van der Waals surface area contributed by atoms with Crippen LogP contribution in [0.1, 0.15) is 84.0 Å². The third kappa shape index (κ3) is 18.9. The van der Waals surface area contributed by atoms with Crippen molar-refractivity contribution in [3.05, 3.63) is 36.5 Å². The lowest BCUT2D eigenvalue weighted by Crippen LogP contribution is -2.20. The molecule has 0 aliphatic heterocycles. The lowest BCUT2D eigenvalue weighted by molar-refractivity contribution is -0.139. The number of unbranched alkanes of at least 4 members (excludes halogenated alkanes) is 5. The number of aliphatic carboxylic acids is 1. The molecule has 4 heteroatoms. The summed E-state index contributed by atoms with van der Waals surface area (Å²) in [4.78, 5) is 10.4. The van der Waals surface area contributed by atoms with Crippen LogP contribution in [0.2, 0.25) is 0 Å². The summed E-state index contributed by atoms with van der Waals surface area (Å²) in [6.07, 6.45) is 22.0. The summed E-state index contributed by atoms with van der Waals surface area (Å²) in [5.41, 5.74) is 0. The molecule has 0 aromatic carbocycles. The van der Waals surface area contributed by atoms with E-state index < -0.39 is 18.2 Å².